The van der Waals surface area contributed by atoms with Crippen molar-refractivity contribution in [3.8, 4) is 0 Å². The Kier molecular flexibility index (Phi) is 8.78. The van der Waals surface area contributed by atoms with E-state index in [0.717, 1.165) is 24.7 Å². The molecule has 4 rings (SSSR count). The molecule has 0 amide bonds. The zero-order valence-corrected chi connectivity index (χ0v) is 20.9. The predicted octanol–water partition coefficient (Wildman–Crippen LogP) is 9.08. The molecule has 0 aliphatic heterocycles. The summed E-state index contributed by atoms with van der Waals surface area (Å²) in [6.07, 6.45) is 11.8. The molecule has 0 atom stereocenters. The molecule has 3 aromatic carbocycles. The van der Waals surface area contributed by atoms with Crippen LogP contribution in [0.2, 0.25) is 5.02 Å². The highest BCUT2D eigenvalue weighted by Crippen LogP contribution is 2.34. The summed E-state index contributed by atoms with van der Waals surface area (Å²) in [5.74, 6) is 0.365. The maximum atomic E-state index is 13.6. The topological polar surface area (TPSA) is 0 Å². The molecule has 3 heteroatoms. The standard InChI is InChI=1S/C31H35ClF2/c1-22-2-4-23(5-3-22)6-7-24-8-10-25(11-9-24)12-13-26-14-16-27(17-15-26)18-19-28-20-29(33)31(32)30(34)21-28/h2-5,14-17,20-21,24-25H,6-13,18-19H2,1H3/t24-,25-. The molecule has 1 aliphatic rings. The van der Waals surface area contributed by atoms with Gasteiger partial charge in [-0.05, 0) is 91.7 Å². The van der Waals surface area contributed by atoms with Crippen molar-refractivity contribution in [1.82, 2.24) is 0 Å². The van der Waals surface area contributed by atoms with Crippen molar-refractivity contribution in [3.05, 3.63) is 105 Å². The molecule has 0 saturated heterocycles. The van der Waals surface area contributed by atoms with E-state index in [0.29, 0.717) is 12.0 Å². The number of aryl methyl sites for hydroxylation is 5. The average molecular weight is 481 g/mol. The Labute approximate surface area is 208 Å². The van der Waals surface area contributed by atoms with E-state index in [-0.39, 0.29) is 0 Å². The lowest BCUT2D eigenvalue weighted by molar-refractivity contribution is 0.253. The summed E-state index contributed by atoms with van der Waals surface area (Å²) in [5, 5.41) is -0.427. The predicted molar refractivity (Wildman–Crippen MR) is 138 cm³/mol. The fourth-order valence-corrected chi connectivity index (χ4v) is 5.33. The Morgan fingerprint density at radius 1 is 0.618 bits per heavy atom. The highest BCUT2D eigenvalue weighted by Gasteiger charge is 2.21. The molecule has 0 radical (unpaired) electrons. The third-order valence-corrected chi connectivity index (χ3v) is 7.90. The third kappa shape index (κ3) is 7.15. The van der Waals surface area contributed by atoms with E-state index >= 15 is 0 Å². The number of hydrogen-bond acceptors (Lipinski definition) is 0. The lowest BCUT2D eigenvalue weighted by atomic mass is 9.77. The third-order valence-electron chi connectivity index (χ3n) is 7.54. The highest BCUT2D eigenvalue weighted by atomic mass is 35.5. The van der Waals surface area contributed by atoms with Gasteiger partial charge in [0.2, 0.25) is 0 Å². The summed E-state index contributed by atoms with van der Waals surface area (Å²) in [6.45, 7) is 2.15. The minimum absolute atomic E-state index is 0.427. The second-order valence-electron chi connectivity index (χ2n) is 10.1. The van der Waals surface area contributed by atoms with Crippen molar-refractivity contribution in [2.24, 2.45) is 11.8 Å². The molecule has 180 valence electrons. The van der Waals surface area contributed by atoms with Gasteiger partial charge in [-0.1, -0.05) is 91.4 Å². The van der Waals surface area contributed by atoms with Crippen LogP contribution in [0.4, 0.5) is 8.78 Å². The molecule has 1 aliphatic carbocycles. The first kappa shape index (κ1) is 24.9. The Morgan fingerprint density at radius 2 is 1.00 bits per heavy atom. The second-order valence-corrected chi connectivity index (χ2v) is 10.5. The van der Waals surface area contributed by atoms with Crippen LogP contribution in [-0.4, -0.2) is 0 Å². The van der Waals surface area contributed by atoms with Crippen LogP contribution in [0.5, 0.6) is 0 Å². The molecule has 0 nitrogen and oxygen atoms in total. The highest BCUT2D eigenvalue weighted by molar-refractivity contribution is 6.30. The van der Waals surface area contributed by atoms with Crippen molar-refractivity contribution in [1.29, 1.82) is 0 Å². The number of benzene rings is 3. The van der Waals surface area contributed by atoms with Gasteiger partial charge in [-0.3, -0.25) is 0 Å². The fourth-order valence-electron chi connectivity index (χ4n) is 5.22. The van der Waals surface area contributed by atoms with Crippen LogP contribution in [0.25, 0.3) is 0 Å². The van der Waals surface area contributed by atoms with Crippen LogP contribution in [0.1, 0.15) is 66.3 Å². The number of rotatable bonds is 9. The van der Waals surface area contributed by atoms with Gasteiger partial charge >= 0.3 is 0 Å². The van der Waals surface area contributed by atoms with Crippen molar-refractivity contribution in [2.75, 3.05) is 0 Å². The maximum Gasteiger partial charge on any atom is 0.145 e. The van der Waals surface area contributed by atoms with Crippen molar-refractivity contribution >= 4 is 11.6 Å². The quantitative estimate of drug-likeness (QED) is 0.268. The van der Waals surface area contributed by atoms with Gasteiger partial charge in [0, 0.05) is 0 Å². The summed E-state index contributed by atoms with van der Waals surface area (Å²) in [4.78, 5) is 0. The SMILES string of the molecule is Cc1ccc(CC[C@H]2CC[C@H](CCc3ccc(CCc4cc(F)c(Cl)c(F)c4)cc3)CC2)cc1. The van der Waals surface area contributed by atoms with Gasteiger partial charge in [-0.15, -0.1) is 0 Å². The van der Waals surface area contributed by atoms with Crippen LogP contribution < -0.4 is 0 Å². The zero-order chi connectivity index (χ0) is 23.9. The average Bonchev–Trinajstić information content (AvgIpc) is 2.85. The Bertz CT molecular complexity index is 1020. The van der Waals surface area contributed by atoms with Crippen LogP contribution in [-0.2, 0) is 25.7 Å². The molecular weight excluding hydrogens is 446 g/mol. The Hall–Kier alpha value is -2.19. The molecule has 0 bridgehead atoms. The van der Waals surface area contributed by atoms with Crippen molar-refractivity contribution in [3.63, 3.8) is 0 Å². The number of hydrogen-bond donors (Lipinski definition) is 0. The van der Waals surface area contributed by atoms with Gasteiger partial charge in [-0.25, -0.2) is 8.78 Å². The molecule has 0 heterocycles. The normalized spacial score (nSPS) is 18.2. The Balaban J connectivity index is 1.16. The summed E-state index contributed by atoms with van der Waals surface area (Å²) in [7, 11) is 0. The maximum absolute atomic E-state index is 13.6. The van der Waals surface area contributed by atoms with Crippen LogP contribution in [0, 0.1) is 30.4 Å². The molecule has 0 N–H and O–H groups in total. The number of halogens is 3. The van der Waals surface area contributed by atoms with Gasteiger partial charge in [0.05, 0.1) is 0 Å². The van der Waals surface area contributed by atoms with E-state index in [1.54, 1.807) is 0 Å². The minimum Gasteiger partial charge on any atom is -0.205 e. The summed E-state index contributed by atoms with van der Waals surface area (Å²) < 4.78 is 27.3. The largest absolute Gasteiger partial charge is 0.205 e. The van der Waals surface area contributed by atoms with Gasteiger partial charge < -0.3 is 0 Å². The van der Waals surface area contributed by atoms with E-state index < -0.39 is 16.7 Å². The van der Waals surface area contributed by atoms with Gasteiger partial charge in [-0.2, -0.15) is 0 Å². The van der Waals surface area contributed by atoms with Crippen LogP contribution in [0.15, 0.2) is 60.7 Å². The summed E-state index contributed by atoms with van der Waals surface area (Å²) >= 11 is 5.57. The van der Waals surface area contributed by atoms with Crippen molar-refractivity contribution in [2.45, 2.75) is 71.1 Å². The first-order chi connectivity index (χ1) is 16.5. The molecule has 1 fully saturated rings. The molecule has 3 aromatic rings. The van der Waals surface area contributed by atoms with E-state index in [2.05, 4.69) is 55.5 Å². The van der Waals surface area contributed by atoms with Crippen LogP contribution in [0.3, 0.4) is 0 Å². The lowest BCUT2D eigenvalue weighted by Crippen LogP contribution is -2.15. The molecule has 34 heavy (non-hydrogen) atoms. The van der Waals surface area contributed by atoms with Crippen LogP contribution >= 0.6 is 11.6 Å². The first-order valence-corrected chi connectivity index (χ1v) is 13.1. The zero-order valence-electron chi connectivity index (χ0n) is 20.1. The summed E-state index contributed by atoms with van der Waals surface area (Å²) in [5.41, 5.74) is 6.02. The van der Waals surface area contributed by atoms with Crippen molar-refractivity contribution < 1.29 is 8.78 Å². The first-order valence-electron chi connectivity index (χ1n) is 12.7. The molecule has 0 spiro atoms. The van der Waals surface area contributed by atoms with E-state index in [1.807, 2.05) is 0 Å². The van der Waals surface area contributed by atoms with Gasteiger partial charge in [0.1, 0.15) is 16.7 Å². The lowest BCUT2D eigenvalue weighted by Gasteiger charge is -2.28. The minimum atomic E-state index is -0.688. The Morgan fingerprint density at radius 3 is 1.47 bits per heavy atom. The smallest absolute Gasteiger partial charge is 0.145 e. The molecule has 0 aromatic heterocycles. The monoisotopic (exact) mass is 480 g/mol. The van der Waals surface area contributed by atoms with Gasteiger partial charge in [0.25, 0.3) is 0 Å². The van der Waals surface area contributed by atoms with E-state index in [4.69, 9.17) is 11.6 Å². The van der Waals surface area contributed by atoms with E-state index in [1.165, 1.54) is 79.3 Å². The fraction of sp³-hybridized carbons (Fsp3) is 0.419. The van der Waals surface area contributed by atoms with Gasteiger partial charge in [0.15, 0.2) is 0 Å². The molecule has 1 saturated carbocycles. The van der Waals surface area contributed by atoms with E-state index in [9.17, 15) is 8.78 Å². The summed E-state index contributed by atoms with van der Waals surface area (Å²) in [6, 6.07) is 20.4. The molecular formula is C31H35ClF2. The molecule has 0 unspecified atom stereocenters. The second kappa shape index (κ2) is 12.0.